The van der Waals surface area contributed by atoms with E-state index in [4.69, 9.17) is 4.74 Å². The molecule has 0 heterocycles. The third kappa shape index (κ3) is 3.70. The molecule has 0 radical (unpaired) electrons. The number of benzene rings is 1. The van der Waals surface area contributed by atoms with Crippen molar-refractivity contribution in [2.24, 2.45) is 0 Å². The van der Waals surface area contributed by atoms with E-state index in [0.29, 0.717) is 23.3 Å². The first kappa shape index (κ1) is 17.8. The van der Waals surface area contributed by atoms with E-state index < -0.39 is 5.97 Å². The molecule has 0 aliphatic carbocycles. The van der Waals surface area contributed by atoms with E-state index in [1.165, 1.54) is 0 Å². The van der Waals surface area contributed by atoms with Crippen LogP contribution in [0, 0.1) is 20.8 Å². The number of carbonyl (C=O) groups is 1. The minimum atomic E-state index is -1.14. The predicted octanol–water partition coefficient (Wildman–Crippen LogP) is 4.31. The molecule has 0 saturated carbocycles. The summed E-state index contributed by atoms with van der Waals surface area (Å²) in [6.45, 7) is 12.8. The lowest BCUT2D eigenvalue weighted by molar-refractivity contribution is 0.0692. The number of carboxylic acids is 1. The van der Waals surface area contributed by atoms with Crippen LogP contribution >= 0.6 is 0 Å². The van der Waals surface area contributed by atoms with Crippen molar-refractivity contribution in [1.82, 2.24) is 0 Å². The Balaban J connectivity index is 3.39. The van der Waals surface area contributed by atoms with Crippen molar-refractivity contribution in [3.05, 3.63) is 46.6 Å². The van der Waals surface area contributed by atoms with Gasteiger partial charge in [-0.05, 0) is 51.8 Å². The van der Waals surface area contributed by atoms with Crippen LogP contribution < -0.4 is 4.74 Å². The van der Waals surface area contributed by atoms with Crippen LogP contribution in [0.15, 0.2) is 24.3 Å². The zero-order valence-corrected chi connectivity index (χ0v) is 13.9. The molecule has 22 heavy (non-hydrogen) atoms. The molecule has 1 rings (SSSR count). The number of aromatic carboxylic acids is 1. The number of allylic oxidation sites excluding steroid dienone is 1. The van der Waals surface area contributed by atoms with E-state index in [1.54, 1.807) is 26.8 Å². The summed E-state index contributed by atoms with van der Waals surface area (Å²) >= 11 is 0. The first-order valence-corrected chi connectivity index (χ1v) is 7.19. The molecule has 0 aromatic heterocycles. The highest BCUT2D eigenvalue weighted by Crippen LogP contribution is 2.38. The van der Waals surface area contributed by atoms with E-state index >= 15 is 0 Å². The fourth-order valence-corrected chi connectivity index (χ4v) is 2.39. The van der Waals surface area contributed by atoms with Crippen molar-refractivity contribution in [2.75, 3.05) is 0 Å². The van der Waals surface area contributed by atoms with Gasteiger partial charge in [0, 0.05) is 12.0 Å². The van der Waals surface area contributed by atoms with Gasteiger partial charge in [0.1, 0.15) is 23.2 Å². The maximum Gasteiger partial charge on any atom is 0.339 e. The summed E-state index contributed by atoms with van der Waals surface area (Å²) in [4.78, 5) is 11.3. The standard InChI is InChI=1S/C18H24O4/c1-7-8-14(9-10(2)3)22-17-12(5)11(4)15(18(20)21)16(19)13(17)6/h7,9,14,19H,1,8H2,2-6H3,(H,20,21). The van der Waals surface area contributed by atoms with E-state index in [-0.39, 0.29) is 17.4 Å². The van der Waals surface area contributed by atoms with Crippen molar-refractivity contribution in [1.29, 1.82) is 0 Å². The zero-order valence-electron chi connectivity index (χ0n) is 13.9. The Morgan fingerprint density at radius 1 is 1.23 bits per heavy atom. The van der Waals surface area contributed by atoms with E-state index in [2.05, 4.69) is 6.58 Å². The Hall–Kier alpha value is -2.23. The summed E-state index contributed by atoms with van der Waals surface area (Å²) in [5.41, 5.74) is 2.73. The highest BCUT2D eigenvalue weighted by atomic mass is 16.5. The fourth-order valence-electron chi connectivity index (χ4n) is 2.39. The van der Waals surface area contributed by atoms with Crippen molar-refractivity contribution in [3.8, 4) is 11.5 Å². The number of hydrogen-bond donors (Lipinski definition) is 2. The van der Waals surface area contributed by atoms with Crippen LogP contribution in [0.4, 0.5) is 0 Å². The molecule has 1 atom stereocenters. The van der Waals surface area contributed by atoms with Gasteiger partial charge in [0.15, 0.2) is 0 Å². The summed E-state index contributed by atoms with van der Waals surface area (Å²) in [6.07, 6.45) is 4.18. The van der Waals surface area contributed by atoms with Crippen LogP contribution in [0.25, 0.3) is 0 Å². The Bertz CT molecular complexity index is 593. The molecule has 4 heteroatoms. The molecule has 120 valence electrons. The lowest BCUT2D eigenvalue weighted by Crippen LogP contribution is -2.16. The lowest BCUT2D eigenvalue weighted by atomic mass is 9.97. The molecule has 4 nitrogen and oxygen atoms in total. The van der Waals surface area contributed by atoms with Gasteiger partial charge in [-0.15, -0.1) is 6.58 Å². The minimum Gasteiger partial charge on any atom is -0.507 e. The molecule has 0 aliphatic rings. The highest BCUT2D eigenvalue weighted by molar-refractivity contribution is 5.94. The number of rotatable bonds is 6. The summed E-state index contributed by atoms with van der Waals surface area (Å²) in [5, 5.41) is 19.4. The van der Waals surface area contributed by atoms with Gasteiger partial charge in [0.05, 0.1) is 0 Å². The molecule has 0 amide bonds. The number of ether oxygens (including phenoxy) is 1. The fraction of sp³-hybridized carbons (Fsp3) is 0.389. The van der Waals surface area contributed by atoms with Gasteiger partial charge in [-0.25, -0.2) is 4.79 Å². The first-order valence-electron chi connectivity index (χ1n) is 7.19. The monoisotopic (exact) mass is 304 g/mol. The van der Waals surface area contributed by atoms with Gasteiger partial charge in [-0.3, -0.25) is 0 Å². The third-order valence-electron chi connectivity index (χ3n) is 3.61. The second-order valence-electron chi connectivity index (χ2n) is 5.66. The summed E-state index contributed by atoms with van der Waals surface area (Å²) in [7, 11) is 0. The predicted molar refractivity (Wildman–Crippen MR) is 87.9 cm³/mol. The molecule has 1 aromatic rings. The molecule has 0 bridgehead atoms. The summed E-state index contributed by atoms with van der Waals surface area (Å²) < 4.78 is 6.02. The zero-order chi connectivity index (χ0) is 17.0. The molecule has 1 aromatic carbocycles. The maximum atomic E-state index is 11.3. The average Bonchev–Trinajstić information content (AvgIpc) is 2.40. The van der Waals surface area contributed by atoms with E-state index in [1.807, 2.05) is 19.9 Å². The Labute approximate surface area is 131 Å². The second kappa shape index (κ2) is 7.16. The highest BCUT2D eigenvalue weighted by Gasteiger charge is 2.23. The van der Waals surface area contributed by atoms with Gasteiger partial charge < -0.3 is 14.9 Å². The van der Waals surface area contributed by atoms with Gasteiger partial charge in [0.25, 0.3) is 0 Å². The first-order chi connectivity index (χ1) is 10.2. The summed E-state index contributed by atoms with van der Waals surface area (Å²) in [5.74, 6) is -0.843. The number of hydrogen-bond acceptors (Lipinski definition) is 3. The smallest absolute Gasteiger partial charge is 0.339 e. The quantitative estimate of drug-likeness (QED) is 0.769. The Kier molecular flexibility index (Phi) is 5.80. The van der Waals surface area contributed by atoms with Crippen molar-refractivity contribution >= 4 is 5.97 Å². The molecular formula is C18H24O4. The molecule has 0 aliphatic heterocycles. The van der Waals surface area contributed by atoms with Crippen LogP contribution in [0.1, 0.15) is 47.3 Å². The number of aromatic hydroxyl groups is 1. The topological polar surface area (TPSA) is 66.8 Å². The molecular weight excluding hydrogens is 280 g/mol. The van der Waals surface area contributed by atoms with Crippen LogP contribution in [0.5, 0.6) is 11.5 Å². The normalized spacial score (nSPS) is 11.7. The number of phenols is 1. The lowest BCUT2D eigenvalue weighted by Gasteiger charge is -2.22. The van der Waals surface area contributed by atoms with Crippen molar-refractivity contribution in [3.63, 3.8) is 0 Å². The van der Waals surface area contributed by atoms with E-state index in [9.17, 15) is 15.0 Å². The Morgan fingerprint density at radius 2 is 1.82 bits per heavy atom. The van der Waals surface area contributed by atoms with Gasteiger partial charge in [-0.2, -0.15) is 0 Å². The minimum absolute atomic E-state index is 0.0650. The van der Waals surface area contributed by atoms with Crippen LogP contribution in [0.3, 0.4) is 0 Å². The molecule has 2 N–H and O–H groups in total. The molecule has 1 unspecified atom stereocenters. The van der Waals surface area contributed by atoms with Crippen molar-refractivity contribution in [2.45, 2.75) is 47.1 Å². The average molecular weight is 304 g/mol. The van der Waals surface area contributed by atoms with Crippen LogP contribution in [0.2, 0.25) is 0 Å². The largest absolute Gasteiger partial charge is 0.507 e. The summed E-state index contributed by atoms with van der Waals surface area (Å²) in [6, 6.07) is 0. The molecule has 0 spiro atoms. The van der Waals surface area contributed by atoms with Crippen LogP contribution in [-0.2, 0) is 0 Å². The van der Waals surface area contributed by atoms with Gasteiger partial charge in [0.2, 0.25) is 0 Å². The van der Waals surface area contributed by atoms with E-state index in [0.717, 1.165) is 11.1 Å². The van der Waals surface area contributed by atoms with Gasteiger partial charge in [-0.1, -0.05) is 11.6 Å². The molecule has 0 fully saturated rings. The second-order valence-corrected chi connectivity index (χ2v) is 5.66. The maximum absolute atomic E-state index is 11.3. The van der Waals surface area contributed by atoms with Gasteiger partial charge >= 0.3 is 5.97 Å². The third-order valence-corrected chi connectivity index (χ3v) is 3.61. The van der Waals surface area contributed by atoms with Crippen molar-refractivity contribution < 1.29 is 19.7 Å². The van der Waals surface area contributed by atoms with Crippen LogP contribution in [-0.4, -0.2) is 22.3 Å². The SMILES string of the molecule is C=CCC(C=C(C)C)Oc1c(C)c(C)c(C(=O)O)c(O)c1C. The number of carboxylic acid groups (broad SMARTS) is 1. The Morgan fingerprint density at radius 3 is 2.27 bits per heavy atom. The molecule has 0 saturated heterocycles.